The minimum absolute atomic E-state index is 0.483. The number of nitrogens with one attached hydrogen (secondary N) is 1. The lowest BCUT2D eigenvalue weighted by Gasteiger charge is -2.41. The molecule has 0 saturated heterocycles. The van der Waals surface area contributed by atoms with Crippen molar-refractivity contribution in [2.45, 2.75) is 71.8 Å². The van der Waals surface area contributed by atoms with Gasteiger partial charge in [-0.2, -0.15) is 0 Å². The molecule has 2 nitrogen and oxygen atoms in total. The predicted octanol–water partition coefficient (Wildman–Crippen LogP) is 4.27. The Kier molecular flexibility index (Phi) is 5.32. The van der Waals surface area contributed by atoms with E-state index in [9.17, 15) is 0 Å². The molecule has 0 bridgehead atoms. The Morgan fingerprint density at radius 1 is 1.26 bits per heavy atom. The summed E-state index contributed by atoms with van der Waals surface area (Å²) < 4.78 is 5.62. The minimum Gasteiger partial charge on any atom is -0.501 e. The fraction of sp³-hybridized carbons (Fsp3) is 0.882. The van der Waals surface area contributed by atoms with Crippen LogP contribution in [0.3, 0.4) is 0 Å². The summed E-state index contributed by atoms with van der Waals surface area (Å²) >= 11 is 0. The Balaban J connectivity index is 2.20. The number of rotatable bonds is 6. The van der Waals surface area contributed by atoms with E-state index in [0.717, 1.165) is 19.1 Å². The lowest BCUT2D eigenvalue weighted by molar-refractivity contribution is 0.156. The van der Waals surface area contributed by atoms with E-state index in [4.69, 9.17) is 4.74 Å². The zero-order valence-electron chi connectivity index (χ0n) is 13.0. The van der Waals surface area contributed by atoms with Gasteiger partial charge in [0.25, 0.3) is 0 Å². The first-order valence-corrected chi connectivity index (χ1v) is 8.22. The summed E-state index contributed by atoms with van der Waals surface area (Å²) in [6.45, 7) is 8.93. The number of ether oxygens (including phenoxy) is 1. The molecule has 2 aliphatic rings. The van der Waals surface area contributed by atoms with Gasteiger partial charge in [0.2, 0.25) is 0 Å². The van der Waals surface area contributed by atoms with Crippen molar-refractivity contribution < 1.29 is 4.74 Å². The molecule has 1 heterocycles. The topological polar surface area (TPSA) is 21.3 Å². The molecule has 1 aliphatic carbocycles. The van der Waals surface area contributed by atoms with Gasteiger partial charge in [0.15, 0.2) is 0 Å². The van der Waals surface area contributed by atoms with Crippen LogP contribution in [0.1, 0.15) is 65.7 Å². The molecule has 0 spiro atoms. The molecular weight excluding hydrogens is 234 g/mol. The second kappa shape index (κ2) is 6.78. The highest BCUT2D eigenvalue weighted by Gasteiger charge is 2.42. The van der Waals surface area contributed by atoms with E-state index in [1.165, 1.54) is 50.5 Å². The maximum Gasteiger partial charge on any atom is 0.0876 e. The Labute approximate surface area is 119 Å². The molecule has 2 rings (SSSR count). The van der Waals surface area contributed by atoms with Gasteiger partial charge in [-0.25, -0.2) is 0 Å². The van der Waals surface area contributed by atoms with Gasteiger partial charge < -0.3 is 10.1 Å². The summed E-state index contributed by atoms with van der Waals surface area (Å²) in [5.74, 6) is 0.782. The molecule has 1 atom stereocenters. The van der Waals surface area contributed by atoms with Crippen LogP contribution < -0.4 is 5.32 Å². The monoisotopic (exact) mass is 265 g/mol. The van der Waals surface area contributed by atoms with Crippen LogP contribution in [0.25, 0.3) is 0 Å². The first kappa shape index (κ1) is 14.9. The van der Waals surface area contributed by atoms with Gasteiger partial charge >= 0.3 is 0 Å². The average Bonchev–Trinajstić information content (AvgIpc) is 2.85. The maximum atomic E-state index is 5.62. The molecule has 0 amide bonds. The summed E-state index contributed by atoms with van der Waals surface area (Å²) in [5.41, 5.74) is 2.01. The highest BCUT2D eigenvalue weighted by atomic mass is 16.5. The van der Waals surface area contributed by atoms with Crippen LogP contribution in [0.4, 0.5) is 0 Å². The highest BCUT2D eigenvalue weighted by Crippen LogP contribution is 2.48. The average molecular weight is 265 g/mol. The lowest BCUT2D eigenvalue weighted by atomic mass is 9.69. The van der Waals surface area contributed by atoms with Crippen molar-refractivity contribution in [1.29, 1.82) is 0 Å². The third kappa shape index (κ3) is 3.53. The van der Waals surface area contributed by atoms with Crippen molar-refractivity contribution in [1.82, 2.24) is 5.32 Å². The molecule has 0 radical (unpaired) electrons. The van der Waals surface area contributed by atoms with E-state index in [1.807, 2.05) is 0 Å². The van der Waals surface area contributed by atoms with Gasteiger partial charge in [-0.3, -0.25) is 0 Å². The molecule has 1 unspecified atom stereocenters. The first-order chi connectivity index (χ1) is 9.18. The Morgan fingerprint density at radius 2 is 2.00 bits per heavy atom. The van der Waals surface area contributed by atoms with E-state index in [0.29, 0.717) is 11.5 Å². The zero-order chi connectivity index (χ0) is 13.7. The van der Waals surface area contributed by atoms with Gasteiger partial charge in [0.05, 0.1) is 12.9 Å². The third-order valence-electron chi connectivity index (χ3n) is 4.77. The van der Waals surface area contributed by atoms with Crippen LogP contribution in [-0.4, -0.2) is 19.2 Å². The van der Waals surface area contributed by atoms with Gasteiger partial charge in [-0.15, -0.1) is 0 Å². The van der Waals surface area contributed by atoms with Crippen molar-refractivity contribution in [3.63, 3.8) is 0 Å². The van der Waals surface area contributed by atoms with E-state index < -0.39 is 0 Å². The van der Waals surface area contributed by atoms with Crippen molar-refractivity contribution in [3.8, 4) is 0 Å². The quantitative estimate of drug-likeness (QED) is 0.774. The second-order valence-corrected chi connectivity index (χ2v) is 6.83. The highest BCUT2D eigenvalue weighted by molar-refractivity contribution is 5.17. The van der Waals surface area contributed by atoms with E-state index in [2.05, 4.69) is 32.4 Å². The predicted molar refractivity (Wildman–Crippen MR) is 81.1 cm³/mol. The molecule has 0 aromatic carbocycles. The minimum atomic E-state index is 0.483. The Bertz CT molecular complexity index is 302. The van der Waals surface area contributed by atoms with Gasteiger partial charge in [0, 0.05) is 6.04 Å². The number of hydrogen-bond acceptors (Lipinski definition) is 2. The molecule has 110 valence electrons. The summed E-state index contributed by atoms with van der Waals surface area (Å²) in [5, 5.41) is 3.79. The van der Waals surface area contributed by atoms with Crippen LogP contribution in [0.15, 0.2) is 11.8 Å². The molecule has 0 aromatic heterocycles. The molecule has 1 fully saturated rings. The summed E-state index contributed by atoms with van der Waals surface area (Å²) in [6.07, 6.45) is 11.4. The molecular formula is C17H31NO. The fourth-order valence-electron chi connectivity index (χ4n) is 4.24. The van der Waals surface area contributed by atoms with Gasteiger partial charge in [-0.05, 0) is 55.6 Å². The van der Waals surface area contributed by atoms with Crippen LogP contribution in [0.2, 0.25) is 0 Å². The number of hydrogen-bond donors (Lipinski definition) is 1. The van der Waals surface area contributed by atoms with Gasteiger partial charge in [0.1, 0.15) is 0 Å². The standard InChI is InChI=1S/C17H31NO/c1-4-18-16(15-8-7-11-19-13-15)17(12-14(2)3)9-5-6-10-17/h13-14,16,18H,4-12H2,1-3H3. The van der Waals surface area contributed by atoms with Crippen molar-refractivity contribution in [3.05, 3.63) is 11.8 Å². The van der Waals surface area contributed by atoms with Crippen LogP contribution >= 0.6 is 0 Å². The zero-order valence-corrected chi connectivity index (χ0v) is 13.0. The smallest absolute Gasteiger partial charge is 0.0876 e. The van der Waals surface area contributed by atoms with Crippen LogP contribution in [-0.2, 0) is 4.74 Å². The van der Waals surface area contributed by atoms with Crippen molar-refractivity contribution in [2.24, 2.45) is 11.3 Å². The van der Waals surface area contributed by atoms with Gasteiger partial charge in [-0.1, -0.05) is 33.6 Å². The van der Waals surface area contributed by atoms with E-state index in [-0.39, 0.29) is 0 Å². The summed E-state index contributed by atoms with van der Waals surface area (Å²) in [6, 6.07) is 0.544. The summed E-state index contributed by atoms with van der Waals surface area (Å²) in [7, 11) is 0. The Morgan fingerprint density at radius 3 is 2.53 bits per heavy atom. The molecule has 1 N–H and O–H groups in total. The lowest BCUT2D eigenvalue weighted by Crippen LogP contribution is -2.46. The molecule has 1 aliphatic heterocycles. The molecule has 0 aromatic rings. The SMILES string of the molecule is CCNC(C1=COCCC1)C1(CC(C)C)CCCC1. The van der Waals surface area contributed by atoms with Crippen molar-refractivity contribution >= 4 is 0 Å². The fourth-order valence-corrected chi connectivity index (χ4v) is 4.24. The first-order valence-electron chi connectivity index (χ1n) is 8.22. The molecule has 19 heavy (non-hydrogen) atoms. The molecule has 2 heteroatoms. The normalized spacial score (nSPS) is 24.1. The maximum absolute atomic E-state index is 5.62. The van der Waals surface area contributed by atoms with Crippen molar-refractivity contribution in [2.75, 3.05) is 13.2 Å². The number of likely N-dealkylation sites (N-methyl/N-ethyl adjacent to an activating group) is 1. The Hall–Kier alpha value is -0.500. The van der Waals surface area contributed by atoms with E-state index >= 15 is 0 Å². The molecule has 1 saturated carbocycles. The largest absolute Gasteiger partial charge is 0.501 e. The van der Waals surface area contributed by atoms with Crippen LogP contribution in [0, 0.1) is 11.3 Å². The van der Waals surface area contributed by atoms with E-state index in [1.54, 1.807) is 0 Å². The third-order valence-corrected chi connectivity index (χ3v) is 4.77. The van der Waals surface area contributed by atoms with Crippen LogP contribution in [0.5, 0.6) is 0 Å². The second-order valence-electron chi connectivity index (χ2n) is 6.83. The summed E-state index contributed by atoms with van der Waals surface area (Å²) in [4.78, 5) is 0.